The van der Waals surface area contributed by atoms with Crippen LogP contribution < -0.4 is 5.32 Å². The molecule has 1 amide bonds. The zero-order valence-electron chi connectivity index (χ0n) is 9.81. The Balaban J connectivity index is 2.76. The second-order valence-corrected chi connectivity index (χ2v) is 3.77. The van der Waals surface area contributed by atoms with Crippen molar-refractivity contribution in [3.63, 3.8) is 0 Å². The van der Waals surface area contributed by atoms with Crippen molar-refractivity contribution in [2.75, 3.05) is 0 Å². The molecule has 0 spiro atoms. The van der Waals surface area contributed by atoms with Gasteiger partial charge in [0.2, 0.25) is 0 Å². The van der Waals surface area contributed by atoms with Crippen LogP contribution in [0.2, 0.25) is 0 Å². The minimum Gasteiger partial charge on any atom is -0.465 e. The highest BCUT2D eigenvalue weighted by Gasteiger charge is 2.16. The lowest BCUT2D eigenvalue weighted by molar-refractivity contribution is -0.116. The second kappa shape index (κ2) is 5.84. The van der Waals surface area contributed by atoms with Crippen molar-refractivity contribution in [3.05, 3.63) is 41.5 Å². The number of rotatable bonds is 4. The van der Waals surface area contributed by atoms with Crippen molar-refractivity contribution in [1.29, 1.82) is 0 Å². The Morgan fingerprint density at radius 2 is 1.88 bits per heavy atom. The van der Waals surface area contributed by atoms with E-state index in [0.29, 0.717) is 5.57 Å². The van der Waals surface area contributed by atoms with Crippen LogP contribution in [0.3, 0.4) is 0 Å². The van der Waals surface area contributed by atoms with Gasteiger partial charge < -0.3 is 10.4 Å². The van der Waals surface area contributed by atoms with Crippen molar-refractivity contribution >= 4 is 18.0 Å². The Kier molecular flexibility index (Phi) is 4.46. The first-order valence-corrected chi connectivity index (χ1v) is 5.27. The van der Waals surface area contributed by atoms with Crippen molar-refractivity contribution in [2.24, 2.45) is 0 Å². The Hall–Kier alpha value is -2.10. The predicted octanol–water partition coefficient (Wildman–Crippen LogP) is 2.32. The molecule has 1 unspecified atom stereocenters. The molecule has 1 atom stereocenters. The maximum Gasteiger partial charge on any atom is 0.405 e. The fourth-order valence-corrected chi connectivity index (χ4v) is 1.46. The standard InChI is InChI=1S/C13H15NO3/c1-9(8-11-6-4-3-5-7-11)12(15)10(2)14-13(16)17/h3-8,10,14H,1-2H3,(H,16,17)/b9-8+. The second-order valence-electron chi connectivity index (χ2n) is 3.77. The number of hydrogen-bond acceptors (Lipinski definition) is 2. The van der Waals surface area contributed by atoms with Gasteiger partial charge in [-0.3, -0.25) is 4.79 Å². The third-order valence-electron chi connectivity index (χ3n) is 2.30. The van der Waals surface area contributed by atoms with Crippen LogP contribution in [0.25, 0.3) is 6.08 Å². The maximum atomic E-state index is 11.8. The molecule has 0 fully saturated rings. The molecule has 1 aromatic carbocycles. The van der Waals surface area contributed by atoms with E-state index in [4.69, 9.17) is 5.11 Å². The lowest BCUT2D eigenvalue weighted by Crippen LogP contribution is -2.37. The average molecular weight is 233 g/mol. The van der Waals surface area contributed by atoms with E-state index in [1.807, 2.05) is 30.3 Å². The number of carbonyl (C=O) groups is 2. The van der Waals surface area contributed by atoms with Crippen LogP contribution in [0.5, 0.6) is 0 Å². The Morgan fingerprint density at radius 3 is 2.41 bits per heavy atom. The summed E-state index contributed by atoms with van der Waals surface area (Å²) in [6, 6.07) is 8.68. The highest BCUT2D eigenvalue weighted by molar-refractivity contribution is 6.03. The molecule has 2 N–H and O–H groups in total. The van der Waals surface area contributed by atoms with Crippen LogP contribution >= 0.6 is 0 Å². The zero-order valence-corrected chi connectivity index (χ0v) is 9.81. The summed E-state index contributed by atoms with van der Waals surface area (Å²) in [7, 11) is 0. The highest BCUT2D eigenvalue weighted by atomic mass is 16.4. The van der Waals surface area contributed by atoms with E-state index in [1.54, 1.807) is 13.0 Å². The van der Waals surface area contributed by atoms with E-state index in [2.05, 4.69) is 5.32 Å². The third-order valence-corrected chi connectivity index (χ3v) is 2.30. The molecule has 0 saturated carbocycles. The molecule has 4 heteroatoms. The fourth-order valence-electron chi connectivity index (χ4n) is 1.46. The molecule has 1 rings (SSSR count). The molecule has 0 aliphatic carbocycles. The summed E-state index contributed by atoms with van der Waals surface area (Å²) in [5.74, 6) is -0.226. The van der Waals surface area contributed by atoms with Gasteiger partial charge in [0, 0.05) is 0 Å². The molecule has 17 heavy (non-hydrogen) atoms. The topological polar surface area (TPSA) is 66.4 Å². The molecule has 0 radical (unpaired) electrons. The van der Waals surface area contributed by atoms with Crippen LogP contribution in [0.1, 0.15) is 19.4 Å². The van der Waals surface area contributed by atoms with Crippen molar-refractivity contribution in [3.8, 4) is 0 Å². The first-order chi connectivity index (χ1) is 8.00. The average Bonchev–Trinajstić information content (AvgIpc) is 2.28. The van der Waals surface area contributed by atoms with Gasteiger partial charge in [-0.05, 0) is 31.1 Å². The van der Waals surface area contributed by atoms with E-state index < -0.39 is 12.1 Å². The fraction of sp³-hybridized carbons (Fsp3) is 0.231. The number of carboxylic acid groups (broad SMARTS) is 1. The summed E-state index contributed by atoms with van der Waals surface area (Å²) in [5.41, 5.74) is 1.44. The molecule has 0 heterocycles. The van der Waals surface area contributed by atoms with Crippen molar-refractivity contribution < 1.29 is 14.7 Å². The molecule has 0 bridgehead atoms. The van der Waals surface area contributed by atoms with Crippen LogP contribution in [0.4, 0.5) is 4.79 Å². The van der Waals surface area contributed by atoms with Gasteiger partial charge in [-0.2, -0.15) is 0 Å². The number of benzene rings is 1. The summed E-state index contributed by atoms with van der Waals surface area (Å²) < 4.78 is 0. The molecule has 0 saturated heterocycles. The van der Waals surface area contributed by atoms with E-state index in [1.165, 1.54) is 6.92 Å². The third kappa shape index (κ3) is 4.10. The number of nitrogens with one attached hydrogen (secondary N) is 1. The number of amides is 1. The lowest BCUT2D eigenvalue weighted by Gasteiger charge is -2.10. The number of ketones is 1. The molecular formula is C13H15NO3. The van der Waals surface area contributed by atoms with Crippen LogP contribution in [0.15, 0.2) is 35.9 Å². The molecule has 0 aromatic heterocycles. The Labute approximate surface area is 100.0 Å². The summed E-state index contributed by atoms with van der Waals surface area (Å²) in [6.45, 7) is 3.20. The molecular weight excluding hydrogens is 218 g/mol. The van der Waals surface area contributed by atoms with Gasteiger partial charge in [-0.15, -0.1) is 0 Å². The smallest absolute Gasteiger partial charge is 0.405 e. The first kappa shape index (κ1) is 13.0. The van der Waals surface area contributed by atoms with Gasteiger partial charge >= 0.3 is 6.09 Å². The van der Waals surface area contributed by atoms with Gasteiger partial charge in [0.25, 0.3) is 0 Å². The van der Waals surface area contributed by atoms with Gasteiger partial charge in [-0.1, -0.05) is 30.3 Å². The predicted molar refractivity (Wildman–Crippen MR) is 65.7 cm³/mol. The molecule has 0 aliphatic rings. The highest BCUT2D eigenvalue weighted by Crippen LogP contribution is 2.08. The van der Waals surface area contributed by atoms with Gasteiger partial charge in [0.15, 0.2) is 5.78 Å². The quantitative estimate of drug-likeness (QED) is 0.784. The summed E-state index contributed by atoms with van der Waals surface area (Å²) >= 11 is 0. The normalized spacial score (nSPS) is 12.9. The van der Waals surface area contributed by atoms with Crippen molar-refractivity contribution in [2.45, 2.75) is 19.9 Å². The molecule has 4 nitrogen and oxygen atoms in total. The SMILES string of the molecule is C/C(=C\c1ccccc1)C(=O)C(C)NC(=O)O. The monoisotopic (exact) mass is 233 g/mol. The Bertz CT molecular complexity index is 437. The largest absolute Gasteiger partial charge is 0.465 e. The van der Waals surface area contributed by atoms with Crippen molar-refractivity contribution in [1.82, 2.24) is 5.32 Å². The zero-order chi connectivity index (χ0) is 12.8. The maximum absolute atomic E-state index is 11.8. The summed E-state index contributed by atoms with van der Waals surface area (Å²) in [4.78, 5) is 22.2. The summed E-state index contributed by atoms with van der Waals surface area (Å²) in [5, 5.41) is 10.7. The van der Waals surface area contributed by atoms with Gasteiger partial charge in [0.1, 0.15) is 0 Å². The lowest BCUT2D eigenvalue weighted by atomic mass is 10.0. The van der Waals surface area contributed by atoms with Crippen LogP contribution in [0, 0.1) is 0 Å². The molecule has 0 aliphatic heterocycles. The minimum atomic E-state index is -1.20. The first-order valence-electron chi connectivity index (χ1n) is 5.27. The molecule has 1 aromatic rings. The minimum absolute atomic E-state index is 0.226. The number of carbonyl (C=O) groups excluding carboxylic acids is 1. The summed E-state index contributed by atoms with van der Waals surface area (Å²) in [6.07, 6.45) is 0.542. The van der Waals surface area contributed by atoms with Gasteiger partial charge in [-0.25, -0.2) is 4.79 Å². The van der Waals surface area contributed by atoms with E-state index in [-0.39, 0.29) is 5.78 Å². The number of hydrogen-bond donors (Lipinski definition) is 2. The van der Waals surface area contributed by atoms with Crippen LogP contribution in [-0.4, -0.2) is 23.0 Å². The van der Waals surface area contributed by atoms with Crippen LogP contribution in [-0.2, 0) is 4.79 Å². The van der Waals surface area contributed by atoms with Gasteiger partial charge in [0.05, 0.1) is 6.04 Å². The van der Waals surface area contributed by atoms with E-state index in [0.717, 1.165) is 5.56 Å². The van der Waals surface area contributed by atoms with E-state index in [9.17, 15) is 9.59 Å². The number of Topliss-reactive ketones (excluding diaryl/α,β-unsaturated/α-hetero) is 1. The van der Waals surface area contributed by atoms with E-state index >= 15 is 0 Å². The molecule has 90 valence electrons. The Morgan fingerprint density at radius 1 is 1.29 bits per heavy atom.